The number of hydrogen-bond donors (Lipinski definition) is 1. The zero-order valence-electron chi connectivity index (χ0n) is 9.32. The first-order valence-corrected chi connectivity index (χ1v) is 5.76. The van der Waals surface area contributed by atoms with E-state index >= 15 is 0 Å². The average Bonchev–Trinajstić information content (AvgIpc) is 3.02. The van der Waals surface area contributed by atoms with Gasteiger partial charge < -0.3 is 10.6 Å². The Balaban J connectivity index is 2.04. The highest BCUT2D eigenvalue weighted by Crippen LogP contribution is 2.31. The van der Waals surface area contributed by atoms with Crippen molar-refractivity contribution in [1.82, 2.24) is 4.98 Å². The van der Waals surface area contributed by atoms with Gasteiger partial charge in [0.15, 0.2) is 0 Å². The molecule has 3 nitrogen and oxygen atoms in total. The molecule has 82 valence electrons. The molecule has 0 bridgehead atoms. The fourth-order valence-corrected chi connectivity index (χ4v) is 1.79. The number of aromatic nitrogens is 1. The van der Waals surface area contributed by atoms with Crippen molar-refractivity contribution in [2.45, 2.75) is 26.2 Å². The molecule has 0 radical (unpaired) electrons. The minimum absolute atomic E-state index is 0.599. The molecular formula is C12H19N3. The number of anilines is 2. The lowest BCUT2D eigenvalue weighted by Gasteiger charge is -2.23. The molecule has 1 aliphatic rings. The molecule has 2 N–H and O–H groups in total. The van der Waals surface area contributed by atoms with Gasteiger partial charge in [0, 0.05) is 13.1 Å². The van der Waals surface area contributed by atoms with Crippen molar-refractivity contribution in [1.29, 1.82) is 0 Å². The number of rotatable bonds is 5. The minimum Gasteiger partial charge on any atom is -0.384 e. The normalized spacial score (nSPS) is 15.3. The van der Waals surface area contributed by atoms with Crippen LogP contribution in [0.1, 0.15) is 26.2 Å². The van der Waals surface area contributed by atoms with Gasteiger partial charge in [-0.2, -0.15) is 0 Å². The maximum atomic E-state index is 5.58. The van der Waals surface area contributed by atoms with Crippen LogP contribution in [0.15, 0.2) is 18.3 Å². The van der Waals surface area contributed by atoms with Crippen molar-refractivity contribution < 1.29 is 0 Å². The largest absolute Gasteiger partial charge is 0.384 e. The fraction of sp³-hybridized carbons (Fsp3) is 0.583. The van der Waals surface area contributed by atoms with Gasteiger partial charge in [-0.15, -0.1) is 0 Å². The van der Waals surface area contributed by atoms with Crippen LogP contribution in [0, 0.1) is 5.92 Å². The van der Waals surface area contributed by atoms with Crippen LogP contribution >= 0.6 is 0 Å². The molecule has 3 heteroatoms. The molecular weight excluding hydrogens is 186 g/mol. The van der Waals surface area contributed by atoms with Crippen molar-refractivity contribution in [3.05, 3.63) is 18.3 Å². The molecule has 0 spiro atoms. The Morgan fingerprint density at radius 3 is 2.80 bits per heavy atom. The molecule has 1 heterocycles. The summed E-state index contributed by atoms with van der Waals surface area (Å²) in [5, 5.41) is 0. The number of nitrogens with two attached hydrogens (primary N) is 1. The highest BCUT2D eigenvalue weighted by molar-refractivity contribution is 5.48. The highest BCUT2D eigenvalue weighted by atomic mass is 15.1. The summed E-state index contributed by atoms with van der Waals surface area (Å²) < 4.78 is 0. The molecule has 1 fully saturated rings. The Labute approximate surface area is 91.3 Å². The summed E-state index contributed by atoms with van der Waals surface area (Å²) in [4.78, 5) is 6.57. The van der Waals surface area contributed by atoms with Crippen LogP contribution in [-0.4, -0.2) is 18.1 Å². The van der Waals surface area contributed by atoms with Crippen LogP contribution in [0.4, 0.5) is 11.5 Å². The zero-order chi connectivity index (χ0) is 10.7. The quantitative estimate of drug-likeness (QED) is 0.802. The number of hydrogen-bond acceptors (Lipinski definition) is 3. The van der Waals surface area contributed by atoms with E-state index in [1.165, 1.54) is 31.5 Å². The monoisotopic (exact) mass is 205 g/mol. The van der Waals surface area contributed by atoms with Crippen LogP contribution in [0.3, 0.4) is 0 Å². The van der Waals surface area contributed by atoms with Crippen LogP contribution in [-0.2, 0) is 0 Å². The molecule has 1 aromatic rings. The van der Waals surface area contributed by atoms with Gasteiger partial charge in [0.25, 0.3) is 0 Å². The minimum atomic E-state index is 0.599. The first kappa shape index (κ1) is 10.3. The van der Waals surface area contributed by atoms with Crippen molar-refractivity contribution >= 4 is 11.5 Å². The van der Waals surface area contributed by atoms with E-state index < -0.39 is 0 Å². The summed E-state index contributed by atoms with van der Waals surface area (Å²) >= 11 is 0. The Bertz CT molecular complexity index is 303. The summed E-state index contributed by atoms with van der Waals surface area (Å²) in [5.41, 5.74) is 6.79. The molecule has 0 aliphatic heterocycles. The SMILES string of the molecule is CCCN(CC1CC1)c1ccc(N)nc1. The molecule has 1 saturated carbocycles. The molecule has 0 unspecified atom stereocenters. The molecule has 1 aromatic heterocycles. The fourth-order valence-electron chi connectivity index (χ4n) is 1.79. The van der Waals surface area contributed by atoms with Crippen LogP contribution in [0.5, 0.6) is 0 Å². The van der Waals surface area contributed by atoms with Crippen molar-refractivity contribution in [3.63, 3.8) is 0 Å². The smallest absolute Gasteiger partial charge is 0.123 e. The summed E-state index contributed by atoms with van der Waals surface area (Å²) in [6.07, 6.45) is 5.84. The van der Waals surface area contributed by atoms with Crippen molar-refractivity contribution in [2.75, 3.05) is 23.7 Å². The predicted octanol–water partition coefficient (Wildman–Crippen LogP) is 2.29. The summed E-state index contributed by atoms with van der Waals surface area (Å²) in [6, 6.07) is 3.95. The molecule has 0 saturated heterocycles. The van der Waals surface area contributed by atoms with Crippen LogP contribution < -0.4 is 10.6 Å². The van der Waals surface area contributed by atoms with E-state index in [9.17, 15) is 0 Å². The summed E-state index contributed by atoms with van der Waals surface area (Å²) in [5.74, 6) is 1.51. The van der Waals surface area contributed by atoms with Gasteiger partial charge in [-0.25, -0.2) is 4.98 Å². The first-order chi connectivity index (χ1) is 7.29. The third-order valence-electron chi connectivity index (χ3n) is 2.80. The maximum absolute atomic E-state index is 5.58. The average molecular weight is 205 g/mol. The third-order valence-corrected chi connectivity index (χ3v) is 2.80. The van der Waals surface area contributed by atoms with Gasteiger partial charge >= 0.3 is 0 Å². The Kier molecular flexibility index (Phi) is 3.09. The van der Waals surface area contributed by atoms with E-state index in [0.717, 1.165) is 12.5 Å². The molecule has 0 amide bonds. The molecule has 2 rings (SSSR count). The number of nitrogen functional groups attached to an aromatic ring is 1. The molecule has 0 aromatic carbocycles. The molecule has 1 aliphatic carbocycles. The Hall–Kier alpha value is -1.25. The van der Waals surface area contributed by atoms with Gasteiger partial charge in [0.05, 0.1) is 11.9 Å². The van der Waals surface area contributed by atoms with E-state index in [2.05, 4.69) is 22.9 Å². The predicted molar refractivity (Wildman–Crippen MR) is 63.9 cm³/mol. The van der Waals surface area contributed by atoms with Crippen LogP contribution in [0.25, 0.3) is 0 Å². The van der Waals surface area contributed by atoms with Crippen LogP contribution in [0.2, 0.25) is 0 Å². The second-order valence-corrected chi connectivity index (χ2v) is 4.33. The van der Waals surface area contributed by atoms with Gasteiger partial charge in [-0.3, -0.25) is 0 Å². The second kappa shape index (κ2) is 4.51. The second-order valence-electron chi connectivity index (χ2n) is 4.33. The number of nitrogens with zero attached hydrogens (tertiary/aromatic N) is 2. The van der Waals surface area contributed by atoms with E-state index in [4.69, 9.17) is 5.73 Å². The standard InChI is InChI=1S/C12H19N3/c1-2-7-15(9-10-3-4-10)11-5-6-12(13)14-8-11/h5-6,8,10H,2-4,7,9H2,1H3,(H2,13,14). The zero-order valence-corrected chi connectivity index (χ0v) is 9.32. The third kappa shape index (κ3) is 2.85. The Morgan fingerprint density at radius 1 is 1.47 bits per heavy atom. The Morgan fingerprint density at radius 2 is 2.27 bits per heavy atom. The summed E-state index contributed by atoms with van der Waals surface area (Å²) in [7, 11) is 0. The molecule has 0 atom stereocenters. The van der Waals surface area contributed by atoms with Crippen molar-refractivity contribution in [2.24, 2.45) is 5.92 Å². The topological polar surface area (TPSA) is 42.1 Å². The summed E-state index contributed by atoms with van der Waals surface area (Å²) in [6.45, 7) is 4.51. The van der Waals surface area contributed by atoms with Gasteiger partial charge in [0.2, 0.25) is 0 Å². The van der Waals surface area contributed by atoms with E-state index in [0.29, 0.717) is 5.82 Å². The first-order valence-electron chi connectivity index (χ1n) is 5.76. The van der Waals surface area contributed by atoms with E-state index in [-0.39, 0.29) is 0 Å². The maximum Gasteiger partial charge on any atom is 0.123 e. The number of pyridine rings is 1. The molecule has 15 heavy (non-hydrogen) atoms. The van der Waals surface area contributed by atoms with Gasteiger partial charge in [0.1, 0.15) is 5.82 Å². The lowest BCUT2D eigenvalue weighted by molar-refractivity contribution is 0.707. The lowest BCUT2D eigenvalue weighted by atomic mass is 10.3. The van der Waals surface area contributed by atoms with Crippen molar-refractivity contribution in [3.8, 4) is 0 Å². The van der Waals surface area contributed by atoms with E-state index in [1.807, 2.05) is 12.3 Å². The van der Waals surface area contributed by atoms with Gasteiger partial charge in [-0.1, -0.05) is 6.92 Å². The lowest BCUT2D eigenvalue weighted by Crippen LogP contribution is -2.26. The van der Waals surface area contributed by atoms with E-state index in [1.54, 1.807) is 0 Å². The van der Waals surface area contributed by atoms with Gasteiger partial charge in [-0.05, 0) is 37.3 Å². The highest BCUT2D eigenvalue weighted by Gasteiger charge is 2.24.